The summed E-state index contributed by atoms with van der Waals surface area (Å²) in [6, 6.07) is 0. The van der Waals surface area contributed by atoms with Gasteiger partial charge in [-0.2, -0.15) is 0 Å². The van der Waals surface area contributed by atoms with Crippen LogP contribution in [-0.2, 0) is 4.74 Å². The lowest BCUT2D eigenvalue weighted by Gasteiger charge is -2.32. The second-order valence-corrected chi connectivity index (χ2v) is 4.24. The van der Waals surface area contributed by atoms with Crippen LogP contribution in [0.5, 0.6) is 0 Å². The predicted molar refractivity (Wildman–Crippen MR) is 41.5 cm³/mol. The molecule has 1 rings (SSSR count). The van der Waals surface area contributed by atoms with E-state index >= 15 is 0 Å². The van der Waals surface area contributed by atoms with Crippen LogP contribution in [0.4, 0.5) is 0 Å². The zero-order valence-electron chi connectivity index (χ0n) is 6.42. The Morgan fingerprint density at radius 2 is 1.78 bits per heavy atom. The molecule has 2 atom stereocenters. The van der Waals surface area contributed by atoms with Crippen LogP contribution in [0.25, 0.3) is 0 Å². The minimum absolute atomic E-state index is 0.450. The third-order valence-electron chi connectivity index (χ3n) is 1.60. The lowest BCUT2D eigenvalue weighted by atomic mass is 10.3. The van der Waals surface area contributed by atoms with Crippen LogP contribution in [0.15, 0.2) is 0 Å². The van der Waals surface area contributed by atoms with Gasteiger partial charge in [0.1, 0.15) is 0 Å². The Bertz CT molecular complexity index is 74.0. The Balaban J connectivity index is 2.34. The van der Waals surface area contributed by atoms with Gasteiger partial charge in [-0.05, 0) is 13.8 Å². The molecule has 0 aromatic rings. The summed E-state index contributed by atoms with van der Waals surface area (Å²) >= 11 is 0. The molecule has 0 saturated carbocycles. The van der Waals surface area contributed by atoms with Gasteiger partial charge in [0.05, 0.1) is 22.6 Å². The Labute approximate surface area is 59.7 Å². The molecule has 0 aromatic heterocycles. The fraction of sp³-hybridized carbons (Fsp3) is 1.00. The third kappa shape index (κ3) is 2.08. The van der Waals surface area contributed by atoms with Crippen molar-refractivity contribution in [3.8, 4) is 0 Å². The van der Waals surface area contributed by atoms with Gasteiger partial charge in [0.15, 0.2) is 0 Å². The highest BCUT2D eigenvalue weighted by molar-refractivity contribution is 6.04. The number of hydrogen-bond acceptors (Lipinski definition) is 2. The van der Waals surface area contributed by atoms with Crippen LogP contribution in [0.1, 0.15) is 13.8 Å². The first-order valence-electron chi connectivity index (χ1n) is 3.52. The molecule has 1 aliphatic rings. The molecule has 0 radical (unpaired) electrons. The van der Waals surface area contributed by atoms with Crippen molar-refractivity contribution >= 4 is 10.4 Å². The Morgan fingerprint density at radius 1 is 1.33 bits per heavy atom. The normalized spacial score (nSPS) is 39.3. The first kappa shape index (κ1) is 7.25. The van der Waals surface area contributed by atoms with Crippen LogP contribution in [0, 0.1) is 0 Å². The molecular weight excluding hydrogens is 130 g/mol. The van der Waals surface area contributed by atoms with E-state index in [1.165, 1.54) is 10.4 Å². The molecule has 1 fully saturated rings. The van der Waals surface area contributed by atoms with E-state index in [1.807, 2.05) is 0 Å². The largest absolute Gasteiger partial charge is 0.373 e. The fourth-order valence-corrected chi connectivity index (χ4v) is 2.46. The lowest BCUT2D eigenvalue weighted by Crippen LogP contribution is -2.43. The van der Waals surface area contributed by atoms with Crippen LogP contribution in [-0.4, -0.2) is 40.3 Å². The smallest absolute Gasteiger partial charge is 0.0787 e. The van der Waals surface area contributed by atoms with Gasteiger partial charge in [-0.3, -0.25) is 0 Å². The monoisotopic (exact) mass is 145 g/mol. The molecule has 0 N–H and O–H groups in total. The molecule has 1 heterocycles. The van der Waals surface area contributed by atoms with Crippen molar-refractivity contribution in [3.05, 3.63) is 0 Å². The zero-order chi connectivity index (χ0) is 6.85. The summed E-state index contributed by atoms with van der Waals surface area (Å²) in [6.07, 6.45) is 0.900. The Hall–Kier alpha value is 0.137. The standard InChI is InChI=1S/C6H15NOSi/c1-5-3-7(9)4-6(2)8-5/h5-6H,3-4H2,1-2,9H3/t5-,6-/m0/s1. The minimum atomic E-state index is 0.450. The highest BCUT2D eigenvalue weighted by atomic mass is 28.2. The van der Waals surface area contributed by atoms with Crippen LogP contribution >= 0.6 is 0 Å². The summed E-state index contributed by atoms with van der Waals surface area (Å²) in [4.78, 5) is 0. The fourth-order valence-electron chi connectivity index (χ4n) is 1.44. The first-order valence-corrected chi connectivity index (χ1v) is 4.42. The topological polar surface area (TPSA) is 12.5 Å². The molecule has 0 unspecified atom stereocenters. The highest BCUT2D eigenvalue weighted by Crippen LogP contribution is 2.06. The molecule has 54 valence electrons. The van der Waals surface area contributed by atoms with Crippen LogP contribution < -0.4 is 0 Å². The van der Waals surface area contributed by atoms with E-state index in [-0.39, 0.29) is 0 Å². The second kappa shape index (κ2) is 2.81. The van der Waals surface area contributed by atoms with E-state index in [2.05, 4.69) is 18.4 Å². The quantitative estimate of drug-likeness (QED) is 0.421. The molecule has 0 amide bonds. The van der Waals surface area contributed by atoms with E-state index in [1.54, 1.807) is 0 Å². The number of ether oxygens (including phenoxy) is 1. The maximum absolute atomic E-state index is 5.54. The van der Waals surface area contributed by atoms with Gasteiger partial charge in [0, 0.05) is 13.1 Å². The van der Waals surface area contributed by atoms with Crippen LogP contribution in [0.3, 0.4) is 0 Å². The zero-order valence-corrected chi connectivity index (χ0v) is 8.42. The van der Waals surface area contributed by atoms with E-state index in [4.69, 9.17) is 4.74 Å². The van der Waals surface area contributed by atoms with E-state index in [9.17, 15) is 0 Å². The Morgan fingerprint density at radius 3 is 2.11 bits per heavy atom. The number of hydrogen-bond donors (Lipinski definition) is 0. The van der Waals surface area contributed by atoms with Gasteiger partial charge in [-0.1, -0.05) is 0 Å². The Kier molecular flexibility index (Phi) is 2.27. The molecular formula is C6H15NOSi. The number of rotatable bonds is 0. The molecule has 1 saturated heterocycles. The van der Waals surface area contributed by atoms with Crippen molar-refractivity contribution in [2.45, 2.75) is 26.1 Å². The molecule has 0 spiro atoms. The summed E-state index contributed by atoms with van der Waals surface area (Å²) in [5.74, 6) is 0. The average molecular weight is 145 g/mol. The van der Waals surface area contributed by atoms with Gasteiger partial charge in [-0.15, -0.1) is 0 Å². The third-order valence-corrected chi connectivity index (χ3v) is 2.33. The number of nitrogens with zero attached hydrogens (tertiary/aromatic N) is 1. The van der Waals surface area contributed by atoms with Gasteiger partial charge in [0.25, 0.3) is 0 Å². The molecule has 0 aliphatic carbocycles. The van der Waals surface area contributed by atoms with Crippen molar-refractivity contribution in [1.82, 2.24) is 4.57 Å². The summed E-state index contributed by atoms with van der Waals surface area (Å²) < 4.78 is 7.98. The maximum Gasteiger partial charge on any atom is 0.0787 e. The SMILES string of the molecule is C[C@H]1CN([SiH3])C[C@H](C)O1. The second-order valence-electron chi connectivity index (χ2n) is 2.98. The molecule has 0 aromatic carbocycles. The average Bonchev–Trinajstić information content (AvgIpc) is 1.59. The van der Waals surface area contributed by atoms with Crippen molar-refractivity contribution in [3.63, 3.8) is 0 Å². The molecule has 9 heavy (non-hydrogen) atoms. The van der Waals surface area contributed by atoms with Gasteiger partial charge < -0.3 is 9.30 Å². The summed E-state index contributed by atoms with van der Waals surface area (Å²) in [6.45, 7) is 6.55. The van der Waals surface area contributed by atoms with Crippen molar-refractivity contribution in [2.24, 2.45) is 0 Å². The molecule has 2 nitrogen and oxygen atoms in total. The predicted octanol–water partition coefficient (Wildman–Crippen LogP) is -0.624. The maximum atomic E-state index is 5.54. The molecule has 0 bridgehead atoms. The summed E-state index contributed by atoms with van der Waals surface area (Å²) in [5.41, 5.74) is 0. The van der Waals surface area contributed by atoms with E-state index in [0.717, 1.165) is 13.1 Å². The van der Waals surface area contributed by atoms with Crippen molar-refractivity contribution in [2.75, 3.05) is 13.1 Å². The lowest BCUT2D eigenvalue weighted by molar-refractivity contribution is -0.0439. The van der Waals surface area contributed by atoms with E-state index < -0.39 is 0 Å². The molecule has 1 aliphatic heterocycles. The van der Waals surface area contributed by atoms with Crippen molar-refractivity contribution in [1.29, 1.82) is 0 Å². The van der Waals surface area contributed by atoms with Gasteiger partial charge in [-0.25, -0.2) is 0 Å². The van der Waals surface area contributed by atoms with Crippen molar-refractivity contribution < 1.29 is 4.74 Å². The van der Waals surface area contributed by atoms with Crippen LogP contribution in [0.2, 0.25) is 0 Å². The summed E-state index contributed by atoms with van der Waals surface area (Å²) in [5, 5.41) is 0. The van der Waals surface area contributed by atoms with Gasteiger partial charge in [0.2, 0.25) is 0 Å². The van der Waals surface area contributed by atoms with Gasteiger partial charge >= 0.3 is 0 Å². The first-order chi connectivity index (χ1) is 4.18. The summed E-state index contributed by atoms with van der Waals surface area (Å²) in [7, 11) is 1.18. The molecule has 3 heteroatoms. The highest BCUT2D eigenvalue weighted by Gasteiger charge is 2.17. The minimum Gasteiger partial charge on any atom is -0.373 e. The van der Waals surface area contributed by atoms with E-state index in [0.29, 0.717) is 12.2 Å². The number of morpholine rings is 1.